The van der Waals surface area contributed by atoms with E-state index in [1.807, 2.05) is 0 Å². The van der Waals surface area contributed by atoms with Gasteiger partial charge in [-0.3, -0.25) is 4.79 Å². The first kappa shape index (κ1) is 14.0. The number of hydrogen-bond acceptors (Lipinski definition) is 3. The molecule has 4 N–H and O–H groups in total. The van der Waals surface area contributed by atoms with Crippen LogP contribution < -0.4 is 11.1 Å². The molecule has 4 nitrogen and oxygen atoms in total. The molecule has 2 aromatic rings. The zero-order valence-electron chi connectivity index (χ0n) is 9.65. The quantitative estimate of drug-likeness (QED) is 0.419. The fourth-order valence-electron chi connectivity index (χ4n) is 1.47. The van der Waals surface area contributed by atoms with E-state index in [2.05, 4.69) is 27.9 Å². The van der Waals surface area contributed by atoms with Crippen molar-refractivity contribution < 1.29 is 9.90 Å². The molecule has 0 spiro atoms. The van der Waals surface area contributed by atoms with Crippen LogP contribution in [0.4, 0.5) is 11.4 Å². The first-order valence-corrected chi connectivity index (χ1v) is 6.78. The molecule has 0 saturated heterocycles. The Bertz CT molecular complexity index is 647. The summed E-state index contributed by atoms with van der Waals surface area (Å²) in [4.78, 5) is 12.0. The molecular formula is C13H10ClIN2O2. The van der Waals surface area contributed by atoms with Crippen molar-refractivity contribution in [2.24, 2.45) is 0 Å². The third kappa shape index (κ3) is 3.30. The smallest absolute Gasteiger partial charge is 0.255 e. The second-order valence-corrected chi connectivity index (χ2v) is 5.45. The largest absolute Gasteiger partial charge is 0.506 e. The third-order valence-corrected chi connectivity index (χ3v) is 3.60. The lowest BCUT2D eigenvalue weighted by atomic mass is 10.1. The van der Waals surface area contributed by atoms with Crippen molar-refractivity contribution in [1.29, 1.82) is 0 Å². The zero-order chi connectivity index (χ0) is 14.0. The Balaban J connectivity index is 2.23. The Morgan fingerprint density at radius 1 is 1.26 bits per heavy atom. The maximum absolute atomic E-state index is 12.0. The summed E-state index contributed by atoms with van der Waals surface area (Å²) < 4.78 is 0.832. The molecule has 0 atom stereocenters. The number of rotatable bonds is 2. The van der Waals surface area contributed by atoms with Crippen LogP contribution in [-0.4, -0.2) is 11.0 Å². The lowest BCUT2D eigenvalue weighted by molar-refractivity contribution is 0.102. The number of nitrogens with one attached hydrogen (secondary N) is 1. The van der Waals surface area contributed by atoms with E-state index in [4.69, 9.17) is 17.3 Å². The van der Waals surface area contributed by atoms with Crippen LogP contribution >= 0.6 is 34.2 Å². The summed E-state index contributed by atoms with van der Waals surface area (Å²) in [5.41, 5.74) is 6.71. The van der Waals surface area contributed by atoms with Crippen LogP contribution in [0.25, 0.3) is 0 Å². The number of carbonyl (C=O) groups excluding carboxylic acids is 1. The first-order chi connectivity index (χ1) is 8.97. The molecule has 6 heteroatoms. The number of amides is 1. The number of nitrogens with two attached hydrogens (primary N) is 1. The van der Waals surface area contributed by atoms with E-state index < -0.39 is 0 Å². The lowest BCUT2D eigenvalue weighted by Gasteiger charge is -2.08. The summed E-state index contributed by atoms with van der Waals surface area (Å²) in [6.45, 7) is 0. The third-order valence-electron chi connectivity index (χ3n) is 2.47. The van der Waals surface area contributed by atoms with Crippen LogP contribution in [0.5, 0.6) is 5.75 Å². The van der Waals surface area contributed by atoms with Gasteiger partial charge in [0.1, 0.15) is 5.75 Å². The Labute approximate surface area is 128 Å². The standard InChI is InChI=1S/C13H10ClIN2O2/c14-8-2-4-11(9(15)6-8)17-13(19)7-1-3-10(16)12(18)5-7/h1-6,18H,16H2,(H,17,19). The molecule has 0 saturated carbocycles. The van der Waals surface area contributed by atoms with Crippen LogP contribution in [0, 0.1) is 3.57 Å². The Kier molecular flexibility index (Phi) is 4.16. The summed E-state index contributed by atoms with van der Waals surface area (Å²) in [6, 6.07) is 9.52. The highest BCUT2D eigenvalue weighted by atomic mass is 127. The van der Waals surface area contributed by atoms with Crippen LogP contribution in [0.3, 0.4) is 0 Å². The number of halogens is 2. The second kappa shape index (κ2) is 5.66. The number of aromatic hydroxyl groups is 1. The van der Waals surface area contributed by atoms with Gasteiger partial charge in [0, 0.05) is 14.2 Å². The second-order valence-electron chi connectivity index (χ2n) is 3.85. The van der Waals surface area contributed by atoms with Gasteiger partial charge in [-0.25, -0.2) is 0 Å². The van der Waals surface area contributed by atoms with Gasteiger partial charge in [0.25, 0.3) is 5.91 Å². The van der Waals surface area contributed by atoms with E-state index in [9.17, 15) is 9.90 Å². The van der Waals surface area contributed by atoms with Gasteiger partial charge in [-0.15, -0.1) is 0 Å². The molecule has 0 heterocycles. The van der Waals surface area contributed by atoms with Gasteiger partial charge in [0.15, 0.2) is 0 Å². The minimum Gasteiger partial charge on any atom is -0.506 e. The predicted octanol–water partition coefficient (Wildman–Crippen LogP) is 3.48. The van der Waals surface area contributed by atoms with Gasteiger partial charge >= 0.3 is 0 Å². The van der Waals surface area contributed by atoms with Crippen LogP contribution in [0.2, 0.25) is 5.02 Å². The molecule has 0 aliphatic carbocycles. The fraction of sp³-hybridized carbons (Fsp3) is 0. The van der Waals surface area contributed by atoms with Gasteiger partial charge in [-0.05, 0) is 59.0 Å². The van der Waals surface area contributed by atoms with Gasteiger partial charge < -0.3 is 16.2 Å². The van der Waals surface area contributed by atoms with Gasteiger partial charge in [-0.1, -0.05) is 11.6 Å². The van der Waals surface area contributed by atoms with E-state index in [1.165, 1.54) is 12.1 Å². The topological polar surface area (TPSA) is 75.4 Å². The Morgan fingerprint density at radius 2 is 2.00 bits per heavy atom. The van der Waals surface area contributed by atoms with Crippen LogP contribution in [0.1, 0.15) is 10.4 Å². The van der Waals surface area contributed by atoms with Crippen molar-refractivity contribution in [1.82, 2.24) is 0 Å². The number of nitrogen functional groups attached to an aromatic ring is 1. The van der Waals surface area contributed by atoms with Crippen molar-refractivity contribution in [2.45, 2.75) is 0 Å². The average Bonchev–Trinajstić information content (AvgIpc) is 2.36. The molecule has 0 aromatic heterocycles. The molecule has 2 aromatic carbocycles. The SMILES string of the molecule is Nc1ccc(C(=O)Nc2ccc(Cl)cc2I)cc1O. The minimum atomic E-state index is -0.324. The highest BCUT2D eigenvalue weighted by Gasteiger charge is 2.10. The predicted molar refractivity (Wildman–Crippen MR) is 84.6 cm³/mol. The lowest BCUT2D eigenvalue weighted by Crippen LogP contribution is -2.12. The molecule has 19 heavy (non-hydrogen) atoms. The molecule has 0 aliphatic heterocycles. The number of hydrogen-bond donors (Lipinski definition) is 3. The molecule has 1 amide bonds. The van der Waals surface area contributed by atoms with Crippen molar-refractivity contribution in [3.8, 4) is 5.75 Å². The van der Waals surface area contributed by atoms with Crippen molar-refractivity contribution in [3.63, 3.8) is 0 Å². The first-order valence-electron chi connectivity index (χ1n) is 5.32. The van der Waals surface area contributed by atoms with Crippen molar-refractivity contribution in [3.05, 3.63) is 50.6 Å². The molecule has 0 aliphatic rings. The number of carbonyl (C=O) groups is 1. The molecule has 0 unspecified atom stereocenters. The monoisotopic (exact) mass is 388 g/mol. The Morgan fingerprint density at radius 3 is 2.63 bits per heavy atom. The number of phenolic OH excluding ortho intramolecular Hbond substituents is 1. The van der Waals surface area contributed by atoms with E-state index in [1.54, 1.807) is 24.3 Å². The van der Waals surface area contributed by atoms with E-state index >= 15 is 0 Å². The maximum Gasteiger partial charge on any atom is 0.255 e. The molecule has 2 rings (SSSR count). The minimum absolute atomic E-state index is 0.113. The van der Waals surface area contributed by atoms with Crippen molar-refractivity contribution >= 4 is 51.5 Å². The zero-order valence-corrected chi connectivity index (χ0v) is 12.6. The molecule has 0 radical (unpaired) electrons. The fourth-order valence-corrected chi connectivity index (χ4v) is 2.48. The van der Waals surface area contributed by atoms with Gasteiger partial charge in [-0.2, -0.15) is 0 Å². The maximum atomic E-state index is 12.0. The normalized spacial score (nSPS) is 10.2. The number of anilines is 2. The summed E-state index contributed by atoms with van der Waals surface area (Å²) in [5.74, 6) is -0.436. The highest BCUT2D eigenvalue weighted by molar-refractivity contribution is 14.1. The van der Waals surface area contributed by atoms with Gasteiger partial charge in [0.2, 0.25) is 0 Å². The van der Waals surface area contributed by atoms with Crippen LogP contribution in [-0.2, 0) is 0 Å². The van der Waals surface area contributed by atoms with Crippen LogP contribution in [0.15, 0.2) is 36.4 Å². The number of phenols is 1. The van der Waals surface area contributed by atoms with E-state index in [0.717, 1.165) is 3.57 Å². The highest BCUT2D eigenvalue weighted by Crippen LogP contribution is 2.24. The summed E-state index contributed by atoms with van der Waals surface area (Å²) in [5, 5.41) is 12.8. The number of benzene rings is 2. The van der Waals surface area contributed by atoms with E-state index in [0.29, 0.717) is 16.3 Å². The summed E-state index contributed by atoms with van der Waals surface area (Å²) >= 11 is 7.93. The van der Waals surface area contributed by atoms with Gasteiger partial charge in [0.05, 0.1) is 11.4 Å². The molecule has 98 valence electrons. The molecular weight excluding hydrogens is 379 g/mol. The Hall–Kier alpha value is -1.47. The van der Waals surface area contributed by atoms with Crippen molar-refractivity contribution in [2.75, 3.05) is 11.1 Å². The summed E-state index contributed by atoms with van der Waals surface area (Å²) in [6.07, 6.45) is 0. The molecule has 0 fully saturated rings. The molecule has 0 bridgehead atoms. The summed E-state index contributed by atoms with van der Waals surface area (Å²) in [7, 11) is 0. The average molecular weight is 389 g/mol. The van der Waals surface area contributed by atoms with E-state index in [-0.39, 0.29) is 17.3 Å².